The highest BCUT2D eigenvalue weighted by atomic mass is 32.2. The molecule has 2 rings (SSSR count). The molecule has 6 heteroatoms. The lowest BCUT2D eigenvalue weighted by Crippen LogP contribution is -2.44. The van der Waals surface area contributed by atoms with E-state index in [1.807, 2.05) is 0 Å². The van der Waals surface area contributed by atoms with E-state index in [1.165, 1.54) is 12.5 Å². The maximum Gasteiger partial charge on any atom is 0.240 e. The van der Waals surface area contributed by atoms with Gasteiger partial charge in [-0.15, -0.1) is 0 Å². The summed E-state index contributed by atoms with van der Waals surface area (Å²) >= 11 is 0. The van der Waals surface area contributed by atoms with Gasteiger partial charge in [0.2, 0.25) is 10.0 Å². The minimum atomic E-state index is -3.76. The van der Waals surface area contributed by atoms with E-state index in [-0.39, 0.29) is 10.4 Å². The number of primary sulfonamides is 1. The molecule has 0 amide bonds. The van der Waals surface area contributed by atoms with Crippen LogP contribution < -0.4 is 16.2 Å². The number of hydrogen-bond donors (Lipinski definition) is 3. The summed E-state index contributed by atoms with van der Waals surface area (Å²) in [6, 6.07) is 4.77. The molecule has 0 bridgehead atoms. The van der Waals surface area contributed by atoms with Crippen molar-refractivity contribution in [3.8, 4) is 0 Å². The molecule has 0 spiro atoms. The van der Waals surface area contributed by atoms with E-state index in [0.29, 0.717) is 11.4 Å². The molecule has 0 unspecified atom stereocenters. The molecule has 100 valence electrons. The predicted molar refractivity (Wildman–Crippen MR) is 72.7 cm³/mol. The van der Waals surface area contributed by atoms with Crippen molar-refractivity contribution in [1.82, 2.24) is 0 Å². The van der Waals surface area contributed by atoms with Gasteiger partial charge in [0.1, 0.15) is 4.90 Å². The number of rotatable bonds is 4. The Hall–Kier alpha value is -1.27. The van der Waals surface area contributed by atoms with Gasteiger partial charge in [-0.05, 0) is 43.9 Å². The van der Waals surface area contributed by atoms with Crippen LogP contribution in [0.2, 0.25) is 0 Å². The van der Waals surface area contributed by atoms with Crippen molar-refractivity contribution < 1.29 is 8.42 Å². The Kier molecular flexibility index (Phi) is 3.25. The Labute approximate surface area is 108 Å². The molecule has 0 atom stereocenters. The third kappa shape index (κ3) is 2.44. The van der Waals surface area contributed by atoms with E-state index in [4.69, 9.17) is 10.9 Å². The third-order valence-corrected chi connectivity index (χ3v) is 4.65. The quantitative estimate of drug-likeness (QED) is 0.724. The molecule has 1 aliphatic rings. The molecule has 0 saturated heterocycles. The van der Waals surface area contributed by atoms with E-state index in [2.05, 4.69) is 12.2 Å². The molecule has 5 N–H and O–H groups in total. The molecular weight excluding hydrogens is 250 g/mol. The minimum absolute atomic E-state index is 0.00948. The standard InChI is InChI=1S/C12H19N3O2S/c1-2-12(6-3-7-12)15-10-5-4-9(13)8-11(10)18(14,16)17/h4-5,8,15H,2-3,6-7,13H2,1H3,(H2,14,16,17). The number of benzene rings is 1. The monoisotopic (exact) mass is 269 g/mol. The number of sulfonamides is 1. The zero-order chi connectivity index (χ0) is 13.4. The van der Waals surface area contributed by atoms with Gasteiger partial charge < -0.3 is 11.1 Å². The van der Waals surface area contributed by atoms with E-state index in [9.17, 15) is 8.42 Å². The van der Waals surface area contributed by atoms with Gasteiger partial charge in [0.25, 0.3) is 0 Å². The smallest absolute Gasteiger partial charge is 0.240 e. The molecule has 18 heavy (non-hydrogen) atoms. The van der Waals surface area contributed by atoms with Crippen LogP contribution in [0.3, 0.4) is 0 Å². The van der Waals surface area contributed by atoms with Gasteiger partial charge >= 0.3 is 0 Å². The number of nitrogen functional groups attached to an aromatic ring is 1. The maximum atomic E-state index is 11.6. The number of hydrogen-bond acceptors (Lipinski definition) is 4. The molecule has 1 fully saturated rings. The van der Waals surface area contributed by atoms with Crippen LogP contribution in [0.4, 0.5) is 11.4 Å². The molecule has 0 aliphatic heterocycles. The first kappa shape index (κ1) is 13.2. The van der Waals surface area contributed by atoms with Crippen LogP contribution in [0.15, 0.2) is 23.1 Å². The summed E-state index contributed by atoms with van der Waals surface area (Å²) < 4.78 is 23.1. The Bertz CT molecular complexity index is 545. The summed E-state index contributed by atoms with van der Waals surface area (Å²) in [6.45, 7) is 2.10. The van der Waals surface area contributed by atoms with Gasteiger partial charge in [0.05, 0.1) is 5.69 Å². The Morgan fingerprint density at radius 3 is 2.50 bits per heavy atom. The van der Waals surface area contributed by atoms with Crippen molar-refractivity contribution in [2.45, 2.75) is 43.0 Å². The van der Waals surface area contributed by atoms with E-state index >= 15 is 0 Å². The first-order valence-electron chi connectivity index (χ1n) is 6.07. The lowest BCUT2D eigenvalue weighted by atomic mass is 9.74. The van der Waals surface area contributed by atoms with Crippen LogP contribution >= 0.6 is 0 Å². The predicted octanol–water partition coefficient (Wildman–Crippen LogP) is 1.66. The summed E-state index contributed by atoms with van der Waals surface area (Å²) in [6.07, 6.45) is 4.23. The average Bonchev–Trinajstić information content (AvgIpc) is 2.24. The van der Waals surface area contributed by atoms with Crippen molar-refractivity contribution in [2.24, 2.45) is 5.14 Å². The fourth-order valence-electron chi connectivity index (χ4n) is 2.33. The lowest BCUT2D eigenvalue weighted by molar-refractivity contribution is 0.269. The second-order valence-electron chi connectivity index (χ2n) is 4.91. The van der Waals surface area contributed by atoms with E-state index < -0.39 is 10.0 Å². The minimum Gasteiger partial charge on any atom is -0.399 e. The first-order valence-corrected chi connectivity index (χ1v) is 7.61. The van der Waals surface area contributed by atoms with Crippen molar-refractivity contribution in [3.05, 3.63) is 18.2 Å². The third-order valence-electron chi connectivity index (χ3n) is 3.70. The Balaban J connectivity index is 2.39. The highest BCUT2D eigenvalue weighted by Crippen LogP contribution is 2.39. The van der Waals surface area contributed by atoms with Gasteiger partial charge in [-0.1, -0.05) is 6.92 Å². The number of nitrogens with one attached hydrogen (secondary N) is 1. The van der Waals surface area contributed by atoms with Gasteiger partial charge in [-0.25, -0.2) is 13.6 Å². The molecule has 1 aromatic rings. The van der Waals surface area contributed by atoms with Crippen molar-refractivity contribution >= 4 is 21.4 Å². The molecule has 0 aromatic heterocycles. The van der Waals surface area contributed by atoms with Crippen LogP contribution in [0.1, 0.15) is 32.6 Å². The van der Waals surface area contributed by atoms with Crippen molar-refractivity contribution in [1.29, 1.82) is 0 Å². The van der Waals surface area contributed by atoms with E-state index in [0.717, 1.165) is 19.3 Å². The summed E-state index contributed by atoms with van der Waals surface area (Å²) in [5, 5.41) is 8.55. The van der Waals surface area contributed by atoms with Crippen molar-refractivity contribution in [2.75, 3.05) is 11.1 Å². The fourth-order valence-corrected chi connectivity index (χ4v) is 3.06. The summed E-state index contributed by atoms with van der Waals surface area (Å²) in [4.78, 5) is 0.0715. The molecule has 1 saturated carbocycles. The first-order chi connectivity index (χ1) is 8.36. The molecule has 5 nitrogen and oxygen atoms in total. The van der Waals surface area contributed by atoms with Gasteiger partial charge in [0, 0.05) is 11.2 Å². The van der Waals surface area contributed by atoms with Crippen LogP contribution in [-0.2, 0) is 10.0 Å². The average molecular weight is 269 g/mol. The SMILES string of the molecule is CCC1(Nc2ccc(N)cc2S(N)(=O)=O)CCC1. The molecule has 1 aliphatic carbocycles. The van der Waals surface area contributed by atoms with Gasteiger partial charge in [-0.3, -0.25) is 0 Å². The van der Waals surface area contributed by atoms with Gasteiger partial charge in [-0.2, -0.15) is 0 Å². The summed E-state index contributed by atoms with van der Waals surface area (Å²) in [7, 11) is -3.76. The Morgan fingerprint density at radius 1 is 1.39 bits per heavy atom. The summed E-state index contributed by atoms with van der Waals surface area (Å²) in [5.41, 5.74) is 6.57. The fraction of sp³-hybridized carbons (Fsp3) is 0.500. The normalized spacial score (nSPS) is 18.1. The van der Waals surface area contributed by atoms with Crippen LogP contribution in [-0.4, -0.2) is 14.0 Å². The largest absolute Gasteiger partial charge is 0.399 e. The van der Waals surface area contributed by atoms with Gasteiger partial charge in [0.15, 0.2) is 0 Å². The van der Waals surface area contributed by atoms with Crippen molar-refractivity contribution in [3.63, 3.8) is 0 Å². The lowest BCUT2D eigenvalue weighted by Gasteiger charge is -2.43. The maximum absolute atomic E-state index is 11.6. The topological polar surface area (TPSA) is 98.2 Å². The molecule has 0 heterocycles. The zero-order valence-electron chi connectivity index (χ0n) is 10.4. The molecule has 1 aromatic carbocycles. The summed E-state index contributed by atoms with van der Waals surface area (Å²) in [5.74, 6) is 0. The van der Waals surface area contributed by atoms with Crippen LogP contribution in [0, 0.1) is 0 Å². The molecular formula is C12H19N3O2S. The van der Waals surface area contributed by atoms with Crippen LogP contribution in [0.25, 0.3) is 0 Å². The zero-order valence-corrected chi connectivity index (χ0v) is 11.3. The van der Waals surface area contributed by atoms with E-state index in [1.54, 1.807) is 12.1 Å². The Morgan fingerprint density at radius 2 is 2.06 bits per heavy atom. The second kappa shape index (κ2) is 4.44. The number of nitrogens with two attached hydrogens (primary N) is 2. The van der Waals surface area contributed by atoms with Crippen LogP contribution in [0.5, 0.6) is 0 Å². The second-order valence-corrected chi connectivity index (χ2v) is 6.44. The highest BCUT2D eigenvalue weighted by Gasteiger charge is 2.35. The number of anilines is 2. The molecule has 0 radical (unpaired) electrons. The highest BCUT2D eigenvalue weighted by molar-refractivity contribution is 7.89.